The maximum Gasteiger partial charge on any atom is 0.229 e. The fourth-order valence-corrected chi connectivity index (χ4v) is 5.34. The number of amides is 1. The molecule has 9 heteroatoms. The lowest BCUT2D eigenvalue weighted by molar-refractivity contribution is -0.129. The highest BCUT2D eigenvalue weighted by atomic mass is 35.5. The Hall–Kier alpha value is -3.02. The predicted octanol–water partition coefficient (Wildman–Crippen LogP) is 4.59. The van der Waals surface area contributed by atoms with Crippen LogP contribution in [0.5, 0.6) is 17.2 Å². The zero-order valence-electron chi connectivity index (χ0n) is 17.9. The summed E-state index contributed by atoms with van der Waals surface area (Å²) in [5, 5.41) is 11.4. The second-order valence-electron chi connectivity index (χ2n) is 7.29. The summed E-state index contributed by atoms with van der Waals surface area (Å²) < 4.78 is 16.4. The molecule has 0 aromatic heterocycles. The van der Waals surface area contributed by atoms with Gasteiger partial charge in [0, 0.05) is 34.7 Å². The van der Waals surface area contributed by atoms with E-state index >= 15 is 0 Å². The fraction of sp³-hybridized carbons (Fsp3) is 0.304. The molecule has 1 atom stereocenters. The van der Waals surface area contributed by atoms with Crippen LogP contribution in [-0.4, -0.2) is 44.7 Å². The smallest absolute Gasteiger partial charge is 0.229 e. The van der Waals surface area contributed by atoms with Crippen LogP contribution in [0.3, 0.4) is 0 Å². The Kier molecular flexibility index (Phi) is 6.40. The number of hydrogen-bond acceptors (Lipinski definition) is 7. The van der Waals surface area contributed by atoms with Gasteiger partial charge in [-0.2, -0.15) is 5.26 Å². The molecule has 0 bridgehead atoms. The average molecular weight is 472 g/mol. The predicted molar refractivity (Wildman–Crippen MR) is 124 cm³/mol. The Balaban J connectivity index is 1.73. The van der Waals surface area contributed by atoms with Gasteiger partial charge in [0.05, 0.1) is 50.5 Å². The van der Waals surface area contributed by atoms with Gasteiger partial charge in [-0.05, 0) is 24.3 Å². The molecular formula is C23H22ClN3O4S. The maximum atomic E-state index is 13.2. The van der Waals surface area contributed by atoms with Crippen LogP contribution < -0.4 is 19.1 Å². The molecule has 0 spiro atoms. The Bertz CT molecular complexity index is 1130. The second-order valence-corrected chi connectivity index (χ2v) is 8.66. The molecule has 2 aromatic carbocycles. The van der Waals surface area contributed by atoms with Gasteiger partial charge >= 0.3 is 0 Å². The number of benzene rings is 2. The quantitative estimate of drug-likeness (QED) is 0.631. The van der Waals surface area contributed by atoms with E-state index < -0.39 is 5.92 Å². The first-order chi connectivity index (χ1) is 15.5. The van der Waals surface area contributed by atoms with Crippen molar-refractivity contribution in [2.24, 2.45) is 0 Å². The maximum absolute atomic E-state index is 13.2. The lowest BCUT2D eigenvalue weighted by atomic mass is 9.85. The molecule has 1 fully saturated rings. The number of carbonyl (C=O) groups excluding carboxylic acids is 1. The van der Waals surface area contributed by atoms with E-state index in [2.05, 4.69) is 11.0 Å². The molecule has 0 radical (unpaired) electrons. The molecule has 2 heterocycles. The first-order valence-electron chi connectivity index (χ1n) is 9.88. The molecule has 7 nitrogen and oxygen atoms in total. The van der Waals surface area contributed by atoms with Crippen molar-refractivity contribution in [3.63, 3.8) is 0 Å². The van der Waals surface area contributed by atoms with Crippen molar-refractivity contribution in [1.82, 2.24) is 4.90 Å². The highest BCUT2D eigenvalue weighted by Gasteiger charge is 2.39. The number of allylic oxidation sites excluding steroid dienone is 1. The van der Waals surface area contributed by atoms with Crippen LogP contribution in [0.15, 0.2) is 47.0 Å². The van der Waals surface area contributed by atoms with Crippen molar-refractivity contribution >= 4 is 35.0 Å². The van der Waals surface area contributed by atoms with Crippen LogP contribution in [0.4, 0.5) is 5.69 Å². The molecule has 1 amide bonds. The highest BCUT2D eigenvalue weighted by Crippen LogP contribution is 2.47. The topological polar surface area (TPSA) is 75.0 Å². The van der Waals surface area contributed by atoms with Crippen LogP contribution in [-0.2, 0) is 4.79 Å². The molecule has 1 saturated heterocycles. The van der Waals surface area contributed by atoms with Gasteiger partial charge in [-0.15, -0.1) is 0 Å². The number of hydrogen-bond donors (Lipinski definition) is 0. The molecule has 166 valence electrons. The summed E-state index contributed by atoms with van der Waals surface area (Å²) in [5.74, 6) is 1.69. The van der Waals surface area contributed by atoms with E-state index in [9.17, 15) is 10.1 Å². The van der Waals surface area contributed by atoms with E-state index in [0.717, 1.165) is 11.3 Å². The van der Waals surface area contributed by atoms with Gasteiger partial charge in [0.25, 0.3) is 0 Å². The molecule has 1 unspecified atom stereocenters. The van der Waals surface area contributed by atoms with Crippen molar-refractivity contribution < 1.29 is 19.0 Å². The largest absolute Gasteiger partial charge is 0.496 e. The molecule has 0 N–H and O–H groups in total. The molecule has 2 aliphatic heterocycles. The first kappa shape index (κ1) is 22.2. The second kappa shape index (κ2) is 9.23. The van der Waals surface area contributed by atoms with Gasteiger partial charge in [-0.25, -0.2) is 0 Å². The summed E-state index contributed by atoms with van der Waals surface area (Å²) in [5.41, 5.74) is 2.20. The lowest BCUT2D eigenvalue weighted by Gasteiger charge is -2.42. The summed E-state index contributed by atoms with van der Waals surface area (Å²) in [7, 11) is 4.65. The first-order valence-corrected chi connectivity index (χ1v) is 11.2. The van der Waals surface area contributed by atoms with E-state index in [1.54, 1.807) is 38.4 Å². The van der Waals surface area contributed by atoms with Crippen molar-refractivity contribution in [3.8, 4) is 23.3 Å². The average Bonchev–Trinajstić information content (AvgIpc) is 2.82. The van der Waals surface area contributed by atoms with Crippen LogP contribution in [0.25, 0.3) is 0 Å². The number of halogens is 1. The number of nitriles is 1. The van der Waals surface area contributed by atoms with Crippen LogP contribution in [0.1, 0.15) is 17.9 Å². The zero-order valence-corrected chi connectivity index (χ0v) is 19.5. The SMILES string of the molecule is COc1cc(OC)c(C2CC(=O)N3CN(c4cccc(Cl)c4)CSC3=C2C#N)cc1OC. The molecule has 4 rings (SSSR count). The minimum Gasteiger partial charge on any atom is -0.496 e. The third-order valence-electron chi connectivity index (χ3n) is 5.58. The molecule has 0 saturated carbocycles. The van der Waals surface area contributed by atoms with Gasteiger partial charge in [-0.1, -0.05) is 29.4 Å². The summed E-state index contributed by atoms with van der Waals surface area (Å²) in [6, 6.07) is 13.4. The lowest BCUT2D eigenvalue weighted by Crippen LogP contribution is -2.47. The fourth-order valence-electron chi connectivity index (χ4n) is 3.99. The van der Waals surface area contributed by atoms with Crippen molar-refractivity contribution in [1.29, 1.82) is 5.26 Å². The van der Waals surface area contributed by atoms with E-state index in [1.165, 1.54) is 11.8 Å². The number of ether oxygens (including phenoxy) is 3. The van der Waals surface area contributed by atoms with Gasteiger partial charge < -0.3 is 19.1 Å². The molecule has 2 aliphatic rings. The Labute approximate surface area is 196 Å². The molecule has 0 aliphatic carbocycles. The number of nitrogens with zero attached hydrogens (tertiary/aromatic N) is 3. The number of thioether (sulfide) groups is 1. The minimum atomic E-state index is -0.432. The number of fused-ring (bicyclic) bond motifs is 1. The van der Waals surface area contributed by atoms with Crippen LogP contribution >= 0.6 is 23.4 Å². The minimum absolute atomic E-state index is 0.0555. The van der Waals surface area contributed by atoms with Crippen LogP contribution in [0.2, 0.25) is 5.02 Å². The summed E-state index contributed by atoms with van der Waals surface area (Å²) >= 11 is 7.61. The summed E-state index contributed by atoms with van der Waals surface area (Å²) in [6.07, 6.45) is 0.155. The van der Waals surface area contributed by atoms with Gasteiger partial charge in [0.2, 0.25) is 5.91 Å². The zero-order chi connectivity index (χ0) is 22.8. The number of methoxy groups -OCH3 is 3. The van der Waals surface area contributed by atoms with Gasteiger partial charge in [-0.3, -0.25) is 9.69 Å². The van der Waals surface area contributed by atoms with E-state index in [4.69, 9.17) is 25.8 Å². The van der Waals surface area contributed by atoms with Crippen molar-refractivity contribution in [2.45, 2.75) is 12.3 Å². The molecule has 32 heavy (non-hydrogen) atoms. The van der Waals surface area contributed by atoms with Crippen LogP contribution in [0, 0.1) is 11.3 Å². The van der Waals surface area contributed by atoms with Gasteiger partial charge in [0.1, 0.15) is 5.75 Å². The van der Waals surface area contributed by atoms with E-state index in [0.29, 0.717) is 45.4 Å². The highest BCUT2D eigenvalue weighted by molar-refractivity contribution is 8.03. The molecular weight excluding hydrogens is 450 g/mol. The summed E-state index contributed by atoms with van der Waals surface area (Å²) in [6.45, 7) is 0.364. The Morgan fingerprint density at radius 3 is 2.47 bits per heavy atom. The third-order valence-corrected chi connectivity index (χ3v) is 6.97. The number of rotatable bonds is 5. The normalized spacial score (nSPS) is 18.2. The summed E-state index contributed by atoms with van der Waals surface area (Å²) in [4.78, 5) is 17.0. The van der Waals surface area contributed by atoms with Crippen molar-refractivity contribution in [2.75, 3.05) is 38.8 Å². The number of anilines is 1. The van der Waals surface area contributed by atoms with E-state index in [-0.39, 0.29) is 12.3 Å². The van der Waals surface area contributed by atoms with Gasteiger partial charge in [0.15, 0.2) is 11.5 Å². The number of carbonyl (C=O) groups is 1. The monoisotopic (exact) mass is 471 g/mol. The van der Waals surface area contributed by atoms with Crippen molar-refractivity contribution in [3.05, 3.63) is 57.6 Å². The molecule has 2 aromatic rings. The Morgan fingerprint density at radius 1 is 1.09 bits per heavy atom. The third kappa shape index (κ3) is 3.94. The standard InChI is InChI=1S/C23H22ClN3O4S/c1-29-19-10-21(31-3)20(30-2)8-17(19)16-9-22(28)27-12-26(13-32-23(27)18(16)11-25)15-6-4-5-14(24)7-15/h4-8,10,16H,9,12-13H2,1-3H3. The Morgan fingerprint density at radius 2 is 1.81 bits per heavy atom. The van der Waals surface area contributed by atoms with E-state index in [1.807, 2.05) is 24.3 Å².